The molecule has 12 heavy (non-hydrogen) atoms. The molecule has 1 fully saturated rings. The zero-order chi connectivity index (χ0) is 8.27. The van der Waals surface area contributed by atoms with Crippen molar-refractivity contribution in [1.29, 1.82) is 0 Å². The Balaban J connectivity index is 0.00000121. The summed E-state index contributed by atoms with van der Waals surface area (Å²) in [6, 6.07) is 0.679. The molecule has 1 saturated heterocycles. The molecule has 0 spiro atoms. The van der Waals surface area contributed by atoms with Crippen molar-refractivity contribution < 1.29 is 51.4 Å². The summed E-state index contributed by atoms with van der Waals surface area (Å²) in [5.74, 6) is 0. The second kappa shape index (κ2) is 6.89. The molecule has 0 aliphatic carbocycles. The predicted octanol–water partition coefficient (Wildman–Crippen LogP) is -2.91. The van der Waals surface area contributed by atoms with Gasteiger partial charge in [0.15, 0.2) is 0 Å². The number of nitrogens with two attached hydrogens (primary N) is 1. The van der Waals surface area contributed by atoms with Gasteiger partial charge in [0.25, 0.3) is 0 Å². The largest absolute Gasteiger partial charge is 1.00 e. The van der Waals surface area contributed by atoms with Gasteiger partial charge in [-0.3, -0.25) is 11.9 Å². The number of hydrogen-bond acceptors (Lipinski definition) is 3. The molecule has 0 atom stereocenters. The molecule has 0 aromatic rings. The van der Waals surface area contributed by atoms with Crippen LogP contribution in [0.2, 0.25) is 0 Å². The molecule has 0 bridgehead atoms. The molecular weight excluding hydrogens is 177 g/mol. The Bertz CT molecular complexity index is 113. The zero-order valence-electron chi connectivity index (χ0n) is 8.29. The number of rotatable bonds is 2. The number of nitrogens with zero attached hydrogens (tertiary/aromatic N) is 2. The van der Waals surface area contributed by atoms with Crippen LogP contribution in [0.15, 0.2) is 0 Å². The molecule has 1 aliphatic rings. The third-order valence-electron chi connectivity index (χ3n) is 2.47. The van der Waals surface area contributed by atoms with Crippen LogP contribution in [-0.2, 0) is 0 Å². The Morgan fingerprint density at radius 2 is 2.00 bits per heavy atom. The van der Waals surface area contributed by atoms with Crippen LogP contribution in [-0.4, -0.2) is 42.6 Å². The fourth-order valence-corrected chi connectivity index (χ4v) is 1.51. The molecule has 0 aromatic heterocycles. The van der Waals surface area contributed by atoms with Gasteiger partial charge in [0.2, 0.25) is 0 Å². The first-order valence-corrected chi connectivity index (χ1v) is 4.20. The van der Waals surface area contributed by atoms with E-state index in [1.807, 2.05) is 0 Å². The van der Waals surface area contributed by atoms with E-state index < -0.39 is 0 Å². The van der Waals surface area contributed by atoms with Gasteiger partial charge < -0.3 is 10.6 Å². The second-order valence-corrected chi connectivity index (χ2v) is 3.29. The van der Waals surface area contributed by atoms with Crippen molar-refractivity contribution in [3.63, 3.8) is 0 Å². The van der Waals surface area contributed by atoms with E-state index in [1.165, 1.54) is 12.8 Å². The predicted molar refractivity (Wildman–Crippen MR) is 46.8 cm³/mol. The van der Waals surface area contributed by atoms with Gasteiger partial charge in [0.05, 0.1) is 0 Å². The first kappa shape index (κ1) is 13.5. The van der Waals surface area contributed by atoms with E-state index in [2.05, 4.69) is 23.9 Å². The normalized spacial score (nSPS) is 21.0. The Morgan fingerprint density at radius 1 is 1.50 bits per heavy atom. The van der Waals surface area contributed by atoms with E-state index >= 15 is 0 Å². The SMILES string of the molecule is [CH2-]N1CCC(N(C)CN)CC1.[K+]. The van der Waals surface area contributed by atoms with Crippen LogP contribution in [0.25, 0.3) is 0 Å². The number of hydrogen-bond donors (Lipinski definition) is 1. The van der Waals surface area contributed by atoms with Gasteiger partial charge in [-0.25, -0.2) is 0 Å². The minimum absolute atomic E-state index is 0. The Hall–Kier alpha value is 1.52. The van der Waals surface area contributed by atoms with E-state index in [1.54, 1.807) is 0 Å². The van der Waals surface area contributed by atoms with E-state index in [0.717, 1.165) is 13.1 Å². The van der Waals surface area contributed by atoms with E-state index in [-0.39, 0.29) is 51.4 Å². The first-order valence-electron chi connectivity index (χ1n) is 4.20. The molecule has 1 rings (SSSR count). The number of likely N-dealkylation sites (tertiary alicyclic amines) is 1. The summed E-state index contributed by atoms with van der Waals surface area (Å²) in [6.07, 6.45) is 2.41. The minimum Gasteiger partial charge on any atom is -0.459 e. The fraction of sp³-hybridized carbons (Fsp3) is 0.875. The van der Waals surface area contributed by atoms with Gasteiger partial charge in [0, 0.05) is 12.7 Å². The van der Waals surface area contributed by atoms with Crippen molar-refractivity contribution in [2.75, 3.05) is 26.8 Å². The summed E-state index contributed by atoms with van der Waals surface area (Å²) in [5, 5.41) is 0. The van der Waals surface area contributed by atoms with Crippen LogP contribution in [0, 0.1) is 7.05 Å². The van der Waals surface area contributed by atoms with Crippen molar-refractivity contribution >= 4 is 0 Å². The summed E-state index contributed by atoms with van der Waals surface area (Å²) < 4.78 is 0. The molecule has 2 N–H and O–H groups in total. The van der Waals surface area contributed by atoms with E-state index in [4.69, 9.17) is 5.73 Å². The quantitative estimate of drug-likeness (QED) is 0.291. The maximum Gasteiger partial charge on any atom is 1.00 e. The van der Waals surface area contributed by atoms with Crippen molar-refractivity contribution in [1.82, 2.24) is 9.80 Å². The standard InChI is InChI=1S/C8H18N3.K/c1-10-5-3-8(4-6-10)11(2)7-9;/h8H,1,3-7,9H2,2H3;/q-1;+1. The summed E-state index contributed by atoms with van der Waals surface area (Å²) in [5.41, 5.74) is 5.53. The van der Waals surface area contributed by atoms with Crippen LogP contribution in [0.1, 0.15) is 12.8 Å². The van der Waals surface area contributed by atoms with E-state index in [0.29, 0.717) is 12.7 Å². The Morgan fingerprint density at radius 3 is 2.42 bits per heavy atom. The summed E-state index contributed by atoms with van der Waals surface area (Å²) >= 11 is 0. The fourth-order valence-electron chi connectivity index (χ4n) is 1.51. The Labute approximate surface area is 118 Å². The van der Waals surface area contributed by atoms with Crippen molar-refractivity contribution in [3.8, 4) is 0 Å². The van der Waals surface area contributed by atoms with Gasteiger partial charge in [0.1, 0.15) is 0 Å². The summed E-state index contributed by atoms with van der Waals surface area (Å²) in [6.45, 7) is 2.88. The van der Waals surface area contributed by atoms with E-state index in [9.17, 15) is 0 Å². The molecular formula is C8H18KN3. The van der Waals surface area contributed by atoms with Crippen LogP contribution < -0.4 is 57.1 Å². The molecule has 66 valence electrons. The van der Waals surface area contributed by atoms with Crippen molar-refractivity contribution in [2.24, 2.45) is 5.73 Å². The van der Waals surface area contributed by atoms with Gasteiger partial charge in [-0.05, 0) is 33.0 Å². The van der Waals surface area contributed by atoms with Crippen molar-refractivity contribution in [3.05, 3.63) is 7.05 Å². The average Bonchev–Trinajstić information content (AvgIpc) is 2.05. The summed E-state index contributed by atoms with van der Waals surface area (Å²) in [7, 11) is 5.99. The molecule has 0 radical (unpaired) electrons. The van der Waals surface area contributed by atoms with Crippen LogP contribution >= 0.6 is 0 Å². The molecule has 0 unspecified atom stereocenters. The summed E-state index contributed by atoms with van der Waals surface area (Å²) in [4.78, 5) is 4.34. The van der Waals surface area contributed by atoms with Crippen LogP contribution in [0.3, 0.4) is 0 Å². The third-order valence-corrected chi connectivity index (χ3v) is 2.47. The number of piperidine rings is 1. The topological polar surface area (TPSA) is 32.5 Å². The van der Waals surface area contributed by atoms with Crippen LogP contribution in [0.5, 0.6) is 0 Å². The smallest absolute Gasteiger partial charge is 0.459 e. The van der Waals surface area contributed by atoms with Gasteiger partial charge >= 0.3 is 51.4 Å². The molecule has 0 amide bonds. The van der Waals surface area contributed by atoms with Gasteiger partial charge in [-0.15, -0.1) is 0 Å². The average molecular weight is 195 g/mol. The molecule has 4 heteroatoms. The third kappa shape index (κ3) is 4.15. The molecule has 0 saturated carbocycles. The zero-order valence-corrected chi connectivity index (χ0v) is 11.4. The maximum atomic E-state index is 5.53. The Kier molecular flexibility index (Phi) is 7.77. The minimum atomic E-state index is 0. The first-order chi connectivity index (χ1) is 5.24. The van der Waals surface area contributed by atoms with Gasteiger partial charge in [-0.2, -0.15) is 0 Å². The molecule has 1 heterocycles. The monoisotopic (exact) mass is 195 g/mol. The van der Waals surface area contributed by atoms with Crippen molar-refractivity contribution in [2.45, 2.75) is 18.9 Å². The maximum absolute atomic E-state index is 5.53. The molecule has 0 aromatic carbocycles. The van der Waals surface area contributed by atoms with Crippen LogP contribution in [0.4, 0.5) is 0 Å². The second-order valence-electron chi connectivity index (χ2n) is 3.29. The molecule has 3 nitrogen and oxygen atoms in total. The molecule has 1 aliphatic heterocycles. The van der Waals surface area contributed by atoms with Gasteiger partial charge in [-0.1, -0.05) is 0 Å².